The van der Waals surface area contributed by atoms with E-state index in [0.29, 0.717) is 5.56 Å². The molecule has 1 aromatic carbocycles. The molecule has 5 nitrogen and oxygen atoms in total. The first-order chi connectivity index (χ1) is 12.5. The Bertz CT molecular complexity index is 824. The summed E-state index contributed by atoms with van der Waals surface area (Å²) in [6.07, 6.45) is 4.74. The molecule has 0 bridgehead atoms. The van der Waals surface area contributed by atoms with Gasteiger partial charge in [-0.25, -0.2) is 0 Å². The molecule has 2 aromatic rings. The number of hydrogen-bond donors (Lipinski definition) is 0. The number of piperidine rings is 1. The molecule has 0 N–H and O–H groups in total. The van der Waals surface area contributed by atoms with Crippen molar-refractivity contribution in [2.75, 3.05) is 20.6 Å². The maximum Gasteiger partial charge on any atom is 0.254 e. The molecule has 1 atom stereocenters. The van der Waals surface area contributed by atoms with Crippen molar-refractivity contribution >= 4 is 5.91 Å². The normalized spacial score (nSPS) is 17.5. The molecule has 138 valence electrons. The Balaban J connectivity index is 1.84. The number of nitrogens with zero attached hydrogens (tertiary/aromatic N) is 3. The van der Waals surface area contributed by atoms with Crippen molar-refractivity contribution in [2.24, 2.45) is 7.05 Å². The molecule has 5 heteroatoms. The van der Waals surface area contributed by atoms with Crippen LogP contribution in [-0.2, 0) is 13.6 Å². The number of amides is 1. The smallest absolute Gasteiger partial charge is 0.254 e. The summed E-state index contributed by atoms with van der Waals surface area (Å²) in [4.78, 5) is 29.0. The number of aromatic nitrogens is 1. The molecule has 26 heavy (non-hydrogen) atoms. The van der Waals surface area contributed by atoms with Crippen molar-refractivity contribution in [3.05, 3.63) is 69.6 Å². The van der Waals surface area contributed by atoms with E-state index in [-0.39, 0.29) is 17.5 Å². The molecule has 1 saturated heterocycles. The molecular formula is C21H27N3O2. The minimum Gasteiger partial charge on any atom is -0.332 e. The molecule has 1 aliphatic rings. The predicted octanol–water partition coefficient (Wildman–Crippen LogP) is 2.81. The van der Waals surface area contributed by atoms with Crippen molar-refractivity contribution in [2.45, 2.75) is 31.8 Å². The lowest BCUT2D eigenvalue weighted by atomic mass is 9.94. The van der Waals surface area contributed by atoms with Gasteiger partial charge in [0.25, 0.3) is 11.5 Å². The molecule has 0 aliphatic carbocycles. The summed E-state index contributed by atoms with van der Waals surface area (Å²) < 4.78 is 1.48. The van der Waals surface area contributed by atoms with E-state index in [1.807, 2.05) is 4.90 Å². The average molecular weight is 353 g/mol. The van der Waals surface area contributed by atoms with E-state index in [2.05, 4.69) is 43.3 Å². The van der Waals surface area contributed by atoms with E-state index in [9.17, 15) is 9.59 Å². The highest BCUT2D eigenvalue weighted by molar-refractivity contribution is 5.94. The largest absolute Gasteiger partial charge is 0.332 e. The van der Waals surface area contributed by atoms with E-state index in [4.69, 9.17) is 0 Å². The summed E-state index contributed by atoms with van der Waals surface area (Å²) in [7, 11) is 5.80. The van der Waals surface area contributed by atoms with E-state index in [1.54, 1.807) is 19.3 Å². The van der Waals surface area contributed by atoms with Gasteiger partial charge in [0.15, 0.2) is 0 Å². The van der Waals surface area contributed by atoms with Crippen molar-refractivity contribution in [3.63, 3.8) is 0 Å². The third-order valence-electron chi connectivity index (χ3n) is 4.98. The number of carbonyl (C=O) groups is 1. The van der Waals surface area contributed by atoms with Gasteiger partial charge in [-0.3, -0.25) is 9.59 Å². The van der Waals surface area contributed by atoms with Crippen LogP contribution in [0.2, 0.25) is 0 Å². The maximum absolute atomic E-state index is 13.0. The maximum atomic E-state index is 13.0. The molecule has 1 fully saturated rings. The van der Waals surface area contributed by atoms with Crippen LogP contribution < -0.4 is 5.56 Å². The number of likely N-dealkylation sites (tertiary alicyclic amines) is 1. The van der Waals surface area contributed by atoms with Gasteiger partial charge in [-0.2, -0.15) is 0 Å². The molecule has 0 radical (unpaired) electrons. The third-order valence-corrected chi connectivity index (χ3v) is 4.98. The fourth-order valence-corrected chi connectivity index (χ4v) is 3.58. The van der Waals surface area contributed by atoms with Crippen LogP contribution in [0.3, 0.4) is 0 Å². The number of pyridine rings is 1. The Kier molecular flexibility index (Phi) is 5.57. The second kappa shape index (κ2) is 7.87. The molecule has 0 saturated carbocycles. The van der Waals surface area contributed by atoms with Crippen LogP contribution in [0.15, 0.2) is 47.4 Å². The van der Waals surface area contributed by atoms with Gasteiger partial charge < -0.3 is 14.4 Å². The molecule has 1 aromatic heterocycles. The molecule has 1 amide bonds. The van der Waals surface area contributed by atoms with Gasteiger partial charge >= 0.3 is 0 Å². The topological polar surface area (TPSA) is 45.5 Å². The summed E-state index contributed by atoms with van der Waals surface area (Å²) in [6.45, 7) is 1.64. The highest BCUT2D eigenvalue weighted by atomic mass is 16.2. The number of carbonyl (C=O) groups excluding carboxylic acids is 1. The Morgan fingerprint density at radius 2 is 1.88 bits per heavy atom. The quantitative estimate of drug-likeness (QED) is 0.849. The van der Waals surface area contributed by atoms with Crippen LogP contribution in [0, 0.1) is 0 Å². The first kappa shape index (κ1) is 18.4. The van der Waals surface area contributed by atoms with Gasteiger partial charge in [0.05, 0.1) is 6.04 Å². The lowest BCUT2D eigenvalue weighted by Gasteiger charge is -2.36. The third kappa shape index (κ3) is 4.05. The lowest BCUT2D eigenvalue weighted by molar-refractivity contribution is 0.0611. The Labute approximate surface area is 154 Å². The first-order valence-corrected chi connectivity index (χ1v) is 9.17. The highest BCUT2D eigenvalue weighted by Gasteiger charge is 2.28. The van der Waals surface area contributed by atoms with Gasteiger partial charge in [-0.05, 0) is 50.6 Å². The monoisotopic (exact) mass is 353 g/mol. The number of benzene rings is 1. The minimum absolute atomic E-state index is 0.0511. The number of hydrogen-bond acceptors (Lipinski definition) is 3. The van der Waals surface area contributed by atoms with Crippen LogP contribution in [0.1, 0.15) is 46.8 Å². The van der Waals surface area contributed by atoms with Crippen molar-refractivity contribution in [1.82, 2.24) is 14.4 Å². The van der Waals surface area contributed by atoms with Crippen LogP contribution >= 0.6 is 0 Å². The molecule has 3 rings (SSSR count). The van der Waals surface area contributed by atoms with Gasteiger partial charge in [0, 0.05) is 38.0 Å². The summed E-state index contributed by atoms with van der Waals surface area (Å²) in [5, 5.41) is 0. The predicted molar refractivity (Wildman–Crippen MR) is 103 cm³/mol. The second-order valence-electron chi connectivity index (χ2n) is 7.35. The molecule has 1 aliphatic heterocycles. The van der Waals surface area contributed by atoms with Crippen LogP contribution in [-0.4, -0.2) is 40.9 Å². The van der Waals surface area contributed by atoms with Gasteiger partial charge in [0.2, 0.25) is 0 Å². The zero-order chi connectivity index (χ0) is 18.7. The van der Waals surface area contributed by atoms with Gasteiger partial charge in [-0.1, -0.05) is 24.3 Å². The van der Waals surface area contributed by atoms with Crippen LogP contribution in [0.4, 0.5) is 0 Å². The standard InChI is InChI=1S/C21H27N3O2/c1-22(2)15-16-7-9-17(10-8-16)19-6-4-5-12-24(19)21(26)18-11-13-23(3)20(25)14-18/h7-11,13-14,19H,4-6,12,15H2,1-3H3. The SMILES string of the molecule is CN(C)Cc1ccc(C2CCCCN2C(=O)c2ccn(C)c(=O)c2)cc1. The Hall–Kier alpha value is -2.40. The molecule has 0 spiro atoms. The fraction of sp³-hybridized carbons (Fsp3) is 0.429. The lowest BCUT2D eigenvalue weighted by Crippen LogP contribution is -2.39. The summed E-state index contributed by atoms with van der Waals surface area (Å²) in [5.74, 6) is -0.0511. The number of rotatable bonds is 4. The molecule has 2 heterocycles. The molecule has 1 unspecified atom stereocenters. The molecular weight excluding hydrogens is 326 g/mol. The van der Waals surface area contributed by atoms with Gasteiger partial charge in [0.1, 0.15) is 0 Å². The Morgan fingerprint density at radius 3 is 2.54 bits per heavy atom. The van der Waals surface area contributed by atoms with E-state index in [1.165, 1.54) is 21.8 Å². The zero-order valence-corrected chi connectivity index (χ0v) is 15.8. The average Bonchev–Trinajstić information content (AvgIpc) is 2.63. The number of aryl methyl sites for hydroxylation is 1. The first-order valence-electron chi connectivity index (χ1n) is 9.17. The Morgan fingerprint density at radius 1 is 1.15 bits per heavy atom. The summed E-state index contributed by atoms with van der Waals surface area (Å²) in [6, 6.07) is 11.8. The van der Waals surface area contributed by atoms with E-state index >= 15 is 0 Å². The van der Waals surface area contributed by atoms with Crippen LogP contribution in [0.5, 0.6) is 0 Å². The minimum atomic E-state index is -0.155. The van der Waals surface area contributed by atoms with Crippen molar-refractivity contribution < 1.29 is 4.79 Å². The summed E-state index contributed by atoms with van der Waals surface area (Å²) in [5.41, 5.74) is 2.75. The zero-order valence-electron chi connectivity index (χ0n) is 15.8. The van der Waals surface area contributed by atoms with Crippen molar-refractivity contribution in [3.8, 4) is 0 Å². The van der Waals surface area contributed by atoms with Gasteiger partial charge in [-0.15, -0.1) is 0 Å². The second-order valence-corrected chi connectivity index (χ2v) is 7.35. The summed E-state index contributed by atoms with van der Waals surface area (Å²) >= 11 is 0. The highest BCUT2D eigenvalue weighted by Crippen LogP contribution is 2.32. The van der Waals surface area contributed by atoms with E-state index in [0.717, 1.165) is 32.4 Å². The van der Waals surface area contributed by atoms with E-state index < -0.39 is 0 Å². The van der Waals surface area contributed by atoms with Crippen LogP contribution in [0.25, 0.3) is 0 Å². The fourth-order valence-electron chi connectivity index (χ4n) is 3.58. The van der Waals surface area contributed by atoms with Crippen molar-refractivity contribution in [1.29, 1.82) is 0 Å².